The largest absolute Gasteiger partial charge is 0.465 e. The molecular weight excluding hydrogens is 244 g/mol. The van der Waals surface area contributed by atoms with Crippen molar-refractivity contribution in [1.29, 1.82) is 0 Å². The van der Waals surface area contributed by atoms with Crippen molar-refractivity contribution in [1.82, 2.24) is 9.80 Å². The van der Waals surface area contributed by atoms with Crippen LogP contribution in [0.15, 0.2) is 0 Å². The van der Waals surface area contributed by atoms with Gasteiger partial charge in [0.1, 0.15) is 5.92 Å². The molecule has 0 aromatic rings. The number of carbonyl (C=O) groups excluding carboxylic acids is 2. The molecule has 0 radical (unpaired) electrons. The van der Waals surface area contributed by atoms with E-state index in [0.29, 0.717) is 19.7 Å². The lowest BCUT2D eigenvalue weighted by molar-refractivity contribution is -0.161. The Bertz CT molecular complexity index is 328. The van der Waals surface area contributed by atoms with Gasteiger partial charge in [0, 0.05) is 26.2 Å². The van der Waals surface area contributed by atoms with Gasteiger partial charge in [-0.15, -0.1) is 0 Å². The maximum atomic E-state index is 12.6. The number of piperazine rings is 1. The van der Waals surface area contributed by atoms with Gasteiger partial charge in [0.25, 0.3) is 0 Å². The van der Waals surface area contributed by atoms with Gasteiger partial charge in [0.15, 0.2) is 0 Å². The van der Waals surface area contributed by atoms with E-state index in [0.717, 1.165) is 13.1 Å². The lowest BCUT2D eigenvalue weighted by Gasteiger charge is -2.37. The van der Waals surface area contributed by atoms with Crippen molar-refractivity contribution in [3.05, 3.63) is 0 Å². The SMILES string of the molecule is CCOC(=O)C(C(=O)N1CCN(C)CC1)C(C)(C)C. The van der Waals surface area contributed by atoms with Crippen LogP contribution in [0.5, 0.6) is 0 Å². The summed E-state index contributed by atoms with van der Waals surface area (Å²) in [5, 5.41) is 0. The average Bonchev–Trinajstić information content (AvgIpc) is 2.28. The van der Waals surface area contributed by atoms with E-state index in [2.05, 4.69) is 4.90 Å². The monoisotopic (exact) mass is 270 g/mol. The number of rotatable bonds is 3. The van der Waals surface area contributed by atoms with Crippen molar-refractivity contribution in [2.75, 3.05) is 39.8 Å². The van der Waals surface area contributed by atoms with Crippen LogP contribution in [0.1, 0.15) is 27.7 Å². The first kappa shape index (κ1) is 16.0. The topological polar surface area (TPSA) is 49.9 Å². The van der Waals surface area contributed by atoms with Crippen LogP contribution in [-0.2, 0) is 14.3 Å². The van der Waals surface area contributed by atoms with Crippen LogP contribution in [0, 0.1) is 11.3 Å². The van der Waals surface area contributed by atoms with Gasteiger partial charge < -0.3 is 14.5 Å². The van der Waals surface area contributed by atoms with E-state index in [1.807, 2.05) is 27.8 Å². The summed E-state index contributed by atoms with van der Waals surface area (Å²) in [5.74, 6) is -1.21. The molecule has 1 aliphatic heterocycles. The van der Waals surface area contributed by atoms with Crippen LogP contribution in [0.3, 0.4) is 0 Å². The molecule has 1 fully saturated rings. The molecule has 0 aromatic carbocycles. The number of esters is 1. The van der Waals surface area contributed by atoms with Gasteiger partial charge in [-0.1, -0.05) is 20.8 Å². The predicted octanol–water partition coefficient (Wildman–Crippen LogP) is 0.986. The normalized spacial score (nSPS) is 19.1. The van der Waals surface area contributed by atoms with E-state index in [-0.39, 0.29) is 5.91 Å². The molecule has 1 amide bonds. The van der Waals surface area contributed by atoms with Gasteiger partial charge in [-0.05, 0) is 19.4 Å². The van der Waals surface area contributed by atoms with E-state index in [4.69, 9.17) is 4.74 Å². The van der Waals surface area contributed by atoms with Gasteiger partial charge in [-0.25, -0.2) is 0 Å². The van der Waals surface area contributed by atoms with Crippen LogP contribution in [0.25, 0.3) is 0 Å². The van der Waals surface area contributed by atoms with Crippen LogP contribution in [0.2, 0.25) is 0 Å². The standard InChI is InChI=1S/C14H26N2O3/c1-6-19-13(18)11(14(2,3)4)12(17)16-9-7-15(5)8-10-16/h11H,6-10H2,1-5H3. The second-order valence-electron chi connectivity index (χ2n) is 6.18. The second-order valence-corrected chi connectivity index (χ2v) is 6.18. The van der Waals surface area contributed by atoms with E-state index in [9.17, 15) is 9.59 Å². The molecule has 1 heterocycles. The highest BCUT2D eigenvalue weighted by Gasteiger charge is 2.41. The fourth-order valence-electron chi connectivity index (χ4n) is 2.26. The maximum absolute atomic E-state index is 12.6. The van der Waals surface area contributed by atoms with E-state index >= 15 is 0 Å². The van der Waals surface area contributed by atoms with Gasteiger partial charge in [-0.2, -0.15) is 0 Å². The second kappa shape index (κ2) is 6.37. The molecule has 1 saturated heterocycles. The predicted molar refractivity (Wildman–Crippen MR) is 73.7 cm³/mol. The summed E-state index contributed by atoms with van der Waals surface area (Å²) in [6.07, 6.45) is 0. The minimum Gasteiger partial charge on any atom is -0.465 e. The van der Waals surface area contributed by atoms with Crippen molar-refractivity contribution >= 4 is 11.9 Å². The Balaban J connectivity index is 2.80. The lowest BCUT2D eigenvalue weighted by atomic mass is 9.79. The maximum Gasteiger partial charge on any atom is 0.319 e. The molecule has 0 bridgehead atoms. The Morgan fingerprint density at radius 1 is 1.16 bits per heavy atom. The van der Waals surface area contributed by atoms with Gasteiger partial charge in [0.2, 0.25) is 5.91 Å². The molecule has 19 heavy (non-hydrogen) atoms. The smallest absolute Gasteiger partial charge is 0.319 e. The Morgan fingerprint density at radius 2 is 1.68 bits per heavy atom. The van der Waals surface area contributed by atoms with Crippen LogP contribution in [0.4, 0.5) is 0 Å². The van der Waals surface area contributed by atoms with Crippen LogP contribution < -0.4 is 0 Å². The first-order valence-corrected chi connectivity index (χ1v) is 6.91. The molecule has 110 valence electrons. The number of hydrogen-bond donors (Lipinski definition) is 0. The van der Waals surface area contributed by atoms with E-state index < -0.39 is 17.3 Å². The fraction of sp³-hybridized carbons (Fsp3) is 0.857. The molecule has 0 aliphatic carbocycles. The third-order valence-corrected chi connectivity index (χ3v) is 3.45. The summed E-state index contributed by atoms with van der Waals surface area (Å²) in [7, 11) is 2.04. The third-order valence-electron chi connectivity index (χ3n) is 3.45. The summed E-state index contributed by atoms with van der Waals surface area (Å²) < 4.78 is 5.07. The minimum absolute atomic E-state index is 0.0981. The quantitative estimate of drug-likeness (QED) is 0.567. The van der Waals surface area contributed by atoms with Crippen molar-refractivity contribution in [3.63, 3.8) is 0 Å². The van der Waals surface area contributed by atoms with E-state index in [1.54, 1.807) is 11.8 Å². The Morgan fingerprint density at radius 3 is 2.11 bits per heavy atom. The number of likely N-dealkylation sites (N-methyl/N-ethyl adjacent to an activating group) is 1. The van der Waals surface area contributed by atoms with Gasteiger partial charge >= 0.3 is 5.97 Å². The molecule has 1 rings (SSSR count). The molecular formula is C14H26N2O3. The summed E-state index contributed by atoms with van der Waals surface area (Å²) in [6, 6.07) is 0. The Labute approximate surface area is 115 Å². The first-order valence-electron chi connectivity index (χ1n) is 6.91. The Hall–Kier alpha value is -1.10. The molecule has 0 spiro atoms. The van der Waals surface area contributed by atoms with Crippen molar-refractivity contribution in [2.45, 2.75) is 27.7 Å². The zero-order valence-corrected chi connectivity index (χ0v) is 12.7. The van der Waals surface area contributed by atoms with Crippen LogP contribution >= 0.6 is 0 Å². The summed E-state index contributed by atoms with van der Waals surface area (Å²) >= 11 is 0. The Kier molecular flexibility index (Phi) is 5.35. The molecule has 1 aliphatic rings. The molecule has 5 heteroatoms. The highest BCUT2D eigenvalue weighted by Crippen LogP contribution is 2.29. The number of nitrogens with zero attached hydrogens (tertiary/aromatic N) is 2. The molecule has 0 N–H and O–H groups in total. The highest BCUT2D eigenvalue weighted by atomic mass is 16.5. The molecule has 0 saturated carbocycles. The summed E-state index contributed by atoms with van der Waals surface area (Å²) in [6.45, 7) is 10.9. The average molecular weight is 270 g/mol. The highest BCUT2D eigenvalue weighted by molar-refractivity contribution is 5.98. The minimum atomic E-state index is -0.712. The zero-order valence-electron chi connectivity index (χ0n) is 12.7. The number of carbonyl (C=O) groups is 2. The molecule has 1 atom stereocenters. The molecule has 1 unspecified atom stereocenters. The van der Waals surface area contributed by atoms with Gasteiger partial charge in [0.05, 0.1) is 6.61 Å². The zero-order chi connectivity index (χ0) is 14.6. The van der Waals surface area contributed by atoms with Gasteiger partial charge in [-0.3, -0.25) is 9.59 Å². The first-order chi connectivity index (χ1) is 8.77. The number of ether oxygens (including phenoxy) is 1. The number of hydrogen-bond acceptors (Lipinski definition) is 4. The summed E-state index contributed by atoms with van der Waals surface area (Å²) in [5.41, 5.74) is -0.424. The van der Waals surface area contributed by atoms with Crippen molar-refractivity contribution < 1.29 is 14.3 Å². The van der Waals surface area contributed by atoms with Crippen LogP contribution in [-0.4, -0.2) is 61.5 Å². The fourth-order valence-corrected chi connectivity index (χ4v) is 2.26. The third kappa shape index (κ3) is 4.20. The van der Waals surface area contributed by atoms with Crippen molar-refractivity contribution in [3.8, 4) is 0 Å². The lowest BCUT2D eigenvalue weighted by Crippen LogP contribution is -2.52. The van der Waals surface area contributed by atoms with Crippen molar-refractivity contribution in [2.24, 2.45) is 11.3 Å². The molecule has 5 nitrogen and oxygen atoms in total. The molecule has 0 aromatic heterocycles. The summed E-state index contributed by atoms with van der Waals surface area (Å²) in [4.78, 5) is 28.6. The number of amides is 1. The van der Waals surface area contributed by atoms with E-state index in [1.165, 1.54) is 0 Å².